The minimum absolute atomic E-state index is 0.0398. The van der Waals surface area contributed by atoms with E-state index in [1.165, 1.54) is 24.3 Å². The summed E-state index contributed by atoms with van der Waals surface area (Å²) in [5.74, 6) is -0.310. The molecule has 0 aromatic heterocycles. The van der Waals surface area contributed by atoms with Crippen LogP contribution in [0.15, 0.2) is 72.8 Å². The lowest BCUT2D eigenvalue weighted by atomic mass is 9.71. The SMILES string of the molecule is CCCC(CCC)CNC(=O)C1(c2ccc(F)cc2)CCN(C(=O)c2ccc(-c3ccc(F)cc3)cc2)CC1. The first-order chi connectivity index (χ1) is 18.9. The van der Waals surface area contributed by atoms with Crippen LogP contribution in [-0.4, -0.2) is 36.3 Å². The van der Waals surface area contributed by atoms with Crippen LogP contribution in [0.2, 0.25) is 0 Å². The number of benzene rings is 3. The quantitative estimate of drug-likeness (QED) is 0.302. The van der Waals surface area contributed by atoms with Crippen molar-refractivity contribution in [1.82, 2.24) is 10.2 Å². The summed E-state index contributed by atoms with van der Waals surface area (Å²) < 4.78 is 27.0. The summed E-state index contributed by atoms with van der Waals surface area (Å²) in [6.45, 7) is 5.81. The summed E-state index contributed by atoms with van der Waals surface area (Å²) in [6, 6.07) is 19.8. The van der Waals surface area contributed by atoms with Gasteiger partial charge in [0.05, 0.1) is 5.41 Å². The highest BCUT2D eigenvalue weighted by Crippen LogP contribution is 2.37. The number of carbonyl (C=O) groups is 2. The van der Waals surface area contributed by atoms with E-state index in [2.05, 4.69) is 19.2 Å². The largest absolute Gasteiger partial charge is 0.355 e. The molecule has 0 radical (unpaired) electrons. The van der Waals surface area contributed by atoms with E-state index in [0.29, 0.717) is 44.0 Å². The number of hydrogen-bond acceptors (Lipinski definition) is 2. The molecule has 0 unspecified atom stereocenters. The Bertz CT molecular complexity index is 1230. The number of hydrogen-bond donors (Lipinski definition) is 1. The molecule has 0 bridgehead atoms. The predicted molar refractivity (Wildman–Crippen MR) is 151 cm³/mol. The third-order valence-electron chi connectivity index (χ3n) is 7.99. The van der Waals surface area contributed by atoms with E-state index in [0.717, 1.165) is 42.4 Å². The first kappa shape index (κ1) is 28.5. The van der Waals surface area contributed by atoms with Crippen LogP contribution in [0.25, 0.3) is 11.1 Å². The number of carbonyl (C=O) groups excluding carboxylic acids is 2. The predicted octanol–water partition coefficient (Wildman–Crippen LogP) is 7.14. The molecule has 206 valence electrons. The molecule has 1 aliphatic heterocycles. The molecular formula is C33H38F2N2O2. The highest BCUT2D eigenvalue weighted by Gasteiger charge is 2.43. The molecule has 2 amide bonds. The normalized spacial score (nSPS) is 14.8. The zero-order valence-electron chi connectivity index (χ0n) is 22.9. The van der Waals surface area contributed by atoms with Crippen LogP contribution >= 0.6 is 0 Å². The van der Waals surface area contributed by atoms with Gasteiger partial charge in [-0.05, 0) is 84.7 Å². The number of likely N-dealkylation sites (tertiary alicyclic amines) is 1. The Labute approximate surface area is 230 Å². The molecule has 0 aliphatic carbocycles. The fraction of sp³-hybridized carbons (Fsp3) is 0.394. The first-order valence-corrected chi connectivity index (χ1v) is 14.1. The second-order valence-electron chi connectivity index (χ2n) is 10.6. The van der Waals surface area contributed by atoms with Crippen molar-refractivity contribution in [2.45, 2.75) is 57.8 Å². The van der Waals surface area contributed by atoms with Crippen molar-refractivity contribution in [2.75, 3.05) is 19.6 Å². The second kappa shape index (κ2) is 13.0. The molecule has 6 heteroatoms. The molecule has 0 atom stereocenters. The van der Waals surface area contributed by atoms with Gasteiger partial charge in [0.2, 0.25) is 5.91 Å². The Hall–Kier alpha value is -3.54. The minimum atomic E-state index is -0.806. The molecule has 4 rings (SSSR count). The number of nitrogens with zero attached hydrogens (tertiary/aromatic N) is 1. The van der Waals surface area contributed by atoms with E-state index < -0.39 is 5.41 Å². The van der Waals surface area contributed by atoms with Gasteiger partial charge in [0.25, 0.3) is 5.91 Å². The maximum absolute atomic E-state index is 13.7. The lowest BCUT2D eigenvalue weighted by Gasteiger charge is -2.41. The molecule has 0 spiro atoms. The van der Waals surface area contributed by atoms with Crippen molar-refractivity contribution < 1.29 is 18.4 Å². The fourth-order valence-corrected chi connectivity index (χ4v) is 5.71. The van der Waals surface area contributed by atoms with E-state index in [-0.39, 0.29) is 23.4 Å². The number of amides is 2. The zero-order chi connectivity index (χ0) is 27.8. The second-order valence-corrected chi connectivity index (χ2v) is 10.6. The molecule has 3 aromatic rings. The molecule has 1 fully saturated rings. The smallest absolute Gasteiger partial charge is 0.253 e. The van der Waals surface area contributed by atoms with Crippen LogP contribution in [-0.2, 0) is 10.2 Å². The zero-order valence-corrected chi connectivity index (χ0v) is 22.9. The van der Waals surface area contributed by atoms with Crippen LogP contribution in [0.5, 0.6) is 0 Å². The molecule has 1 N–H and O–H groups in total. The number of rotatable bonds is 10. The Kier molecular flexibility index (Phi) is 9.50. The Morgan fingerprint density at radius 2 is 1.28 bits per heavy atom. The van der Waals surface area contributed by atoms with E-state index >= 15 is 0 Å². The van der Waals surface area contributed by atoms with E-state index in [1.807, 2.05) is 12.1 Å². The molecule has 0 saturated carbocycles. The van der Waals surface area contributed by atoms with E-state index in [9.17, 15) is 18.4 Å². The van der Waals surface area contributed by atoms with Crippen molar-refractivity contribution >= 4 is 11.8 Å². The van der Waals surface area contributed by atoms with Gasteiger partial charge in [0.1, 0.15) is 11.6 Å². The van der Waals surface area contributed by atoms with Crippen molar-refractivity contribution in [3.63, 3.8) is 0 Å². The average Bonchev–Trinajstić information content (AvgIpc) is 2.96. The van der Waals surface area contributed by atoms with Crippen LogP contribution in [0.4, 0.5) is 8.78 Å². The van der Waals surface area contributed by atoms with Crippen molar-refractivity contribution in [1.29, 1.82) is 0 Å². The fourth-order valence-electron chi connectivity index (χ4n) is 5.71. The lowest BCUT2D eigenvalue weighted by molar-refractivity contribution is -0.128. The summed E-state index contributed by atoms with van der Waals surface area (Å²) in [7, 11) is 0. The van der Waals surface area contributed by atoms with Crippen LogP contribution in [0.3, 0.4) is 0 Å². The van der Waals surface area contributed by atoms with Gasteiger partial charge in [-0.1, -0.05) is 63.1 Å². The highest BCUT2D eigenvalue weighted by atomic mass is 19.1. The van der Waals surface area contributed by atoms with Crippen LogP contribution in [0.1, 0.15) is 68.3 Å². The van der Waals surface area contributed by atoms with E-state index in [4.69, 9.17) is 0 Å². The van der Waals surface area contributed by atoms with Gasteiger partial charge in [-0.2, -0.15) is 0 Å². The number of piperidine rings is 1. The van der Waals surface area contributed by atoms with Gasteiger partial charge in [-0.25, -0.2) is 8.78 Å². The third-order valence-corrected chi connectivity index (χ3v) is 7.99. The monoisotopic (exact) mass is 532 g/mol. The molecule has 1 heterocycles. The summed E-state index contributed by atoms with van der Waals surface area (Å²) in [5, 5.41) is 3.22. The summed E-state index contributed by atoms with van der Waals surface area (Å²) in [6.07, 6.45) is 5.23. The van der Waals surface area contributed by atoms with Gasteiger partial charge in [-0.15, -0.1) is 0 Å². The first-order valence-electron chi connectivity index (χ1n) is 14.1. The summed E-state index contributed by atoms with van der Waals surface area (Å²) in [4.78, 5) is 28.9. The molecule has 1 aliphatic rings. The summed E-state index contributed by atoms with van der Waals surface area (Å²) >= 11 is 0. The van der Waals surface area contributed by atoms with Gasteiger partial charge < -0.3 is 10.2 Å². The standard InChI is InChI=1S/C33H38F2N2O2/c1-3-5-24(6-4-2)23-36-32(39)33(28-13-17-30(35)18-14-28)19-21-37(22-20-33)31(38)27-9-7-25(8-10-27)26-11-15-29(34)16-12-26/h7-18,24H,3-6,19-23H2,1-2H3,(H,36,39). The Balaban J connectivity index is 1.47. The van der Waals surface area contributed by atoms with Gasteiger partial charge >= 0.3 is 0 Å². The maximum atomic E-state index is 13.7. The van der Waals surface area contributed by atoms with Gasteiger partial charge in [0, 0.05) is 25.2 Å². The Morgan fingerprint density at radius 1 is 0.795 bits per heavy atom. The van der Waals surface area contributed by atoms with Crippen LogP contribution in [0, 0.1) is 17.6 Å². The van der Waals surface area contributed by atoms with Crippen molar-refractivity contribution in [3.8, 4) is 11.1 Å². The number of halogens is 2. The lowest BCUT2D eigenvalue weighted by Crippen LogP contribution is -2.53. The van der Waals surface area contributed by atoms with Crippen molar-refractivity contribution in [2.24, 2.45) is 5.92 Å². The third kappa shape index (κ3) is 6.73. The topological polar surface area (TPSA) is 49.4 Å². The number of nitrogens with one attached hydrogen (secondary N) is 1. The minimum Gasteiger partial charge on any atom is -0.355 e. The average molecular weight is 533 g/mol. The van der Waals surface area contributed by atoms with Crippen LogP contribution < -0.4 is 5.32 Å². The molecule has 3 aromatic carbocycles. The molecule has 1 saturated heterocycles. The molecule has 4 nitrogen and oxygen atoms in total. The highest BCUT2D eigenvalue weighted by molar-refractivity contribution is 5.95. The molecular weight excluding hydrogens is 494 g/mol. The molecule has 39 heavy (non-hydrogen) atoms. The van der Waals surface area contributed by atoms with Gasteiger partial charge in [-0.3, -0.25) is 9.59 Å². The Morgan fingerprint density at radius 3 is 1.79 bits per heavy atom. The van der Waals surface area contributed by atoms with E-state index in [1.54, 1.807) is 41.3 Å². The summed E-state index contributed by atoms with van der Waals surface area (Å²) in [5.41, 5.74) is 2.34. The van der Waals surface area contributed by atoms with Crippen molar-refractivity contribution in [3.05, 3.63) is 95.6 Å². The van der Waals surface area contributed by atoms with Gasteiger partial charge in [0.15, 0.2) is 0 Å². The maximum Gasteiger partial charge on any atom is 0.253 e.